The number of benzene rings is 1. The lowest BCUT2D eigenvalue weighted by atomic mass is 10.1. The van der Waals surface area contributed by atoms with Crippen molar-refractivity contribution in [2.75, 3.05) is 6.79 Å². The molecular weight excluding hydrogens is 312 g/mol. The lowest BCUT2D eigenvalue weighted by molar-refractivity contribution is 0.174. The summed E-state index contributed by atoms with van der Waals surface area (Å²) in [6.45, 7) is 0.227. The first-order valence-corrected chi connectivity index (χ1v) is 7.64. The minimum atomic E-state index is -0.176. The van der Waals surface area contributed by atoms with Gasteiger partial charge in [-0.15, -0.1) is 22.9 Å². The molecule has 0 saturated carbocycles. The highest BCUT2D eigenvalue weighted by Crippen LogP contribution is 2.38. The third-order valence-corrected chi connectivity index (χ3v) is 4.43. The van der Waals surface area contributed by atoms with Crippen molar-refractivity contribution in [3.8, 4) is 22.6 Å². The number of rotatable bonds is 2. The Kier molecular flexibility index (Phi) is 2.87. The standard InChI is InChI=1S/C14H9ClN2O3S/c15-4-11-16-13(18)12-8(5-21-14(12)17-11)7-1-2-9-10(3-7)20-6-19-9/h1-3,5H,4,6H2,(H,16,17,18). The second-order valence-corrected chi connectivity index (χ2v) is 5.67. The molecule has 4 rings (SSSR count). The van der Waals surface area contributed by atoms with Crippen LogP contribution < -0.4 is 15.0 Å². The number of nitrogens with one attached hydrogen (secondary N) is 1. The van der Waals surface area contributed by atoms with Crippen LogP contribution in [0.1, 0.15) is 5.82 Å². The van der Waals surface area contributed by atoms with Crippen molar-refractivity contribution >= 4 is 33.2 Å². The van der Waals surface area contributed by atoms with Gasteiger partial charge in [0.2, 0.25) is 6.79 Å². The zero-order valence-electron chi connectivity index (χ0n) is 10.7. The first-order valence-electron chi connectivity index (χ1n) is 6.22. The molecule has 106 valence electrons. The van der Waals surface area contributed by atoms with E-state index in [-0.39, 0.29) is 18.2 Å². The fourth-order valence-electron chi connectivity index (χ4n) is 2.33. The van der Waals surface area contributed by atoms with Crippen molar-refractivity contribution < 1.29 is 9.47 Å². The highest BCUT2D eigenvalue weighted by atomic mass is 35.5. The Morgan fingerprint density at radius 2 is 2.19 bits per heavy atom. The predicted octanol–water partition coefficient (Wildman–Crippen LogP) is 3.12. The van der Waals surface area contributed by atoms with E-state index in [0.717, 1.165) is 16.9 Å². The van der Waals surface area contributed by atoms with Gasteiger partial charge in [-0.3, -0.25) is 4.79 Å². The third kappa shape index (κ3) is 1.99. The molecule has 1 aliphatic rings. The van der Waals surface area contributed by atoms with Crippen LogP contribution in [0.5, 0.6) is 11.5 Å². The van der Waals surface area contributed by atoms with Crippen LogP contribution in [0.3, 0.4) is 0 Å². The number of halogens is 1. The molecule has 1 aliphatic heterocycles. The molecule has 3 heterocycles. The van der Waals surface area contributed by atoms with Gasteiger partial charge >= 0.3 is 0 Å². The maximum absolute atomic E-state index is 12.2. The summed E-state index contributed by atoms with van der Waals surface area (Å²) in [6, 6.07) is 5.62. The fourth-order valence-corrected chi connectivity index (χ4v) is 3.43. The number of hydrogen-bond donors (Lipinski definition) is 1. The van der Waals surface area contributed by atoms with Crippen LogP contribution in [0.15, 0.2) is 28.4 Å². The van der Waals surface area contributed by atoms with E-state index in [9.17, 15) is 4.79 Å². The Morgan fingerprint density at radius 3 is 3.05 bits per heavy atom. The first kappa shape index (κ1) is 12.7. The molecule has 0 amide bonds. The smallest absolute Gasteiger partial charge is 0.260 e. The van der Waals surface area contributed by atoms with Gasteiger partial charge < -0.3 is 14.5 Å². The summed E-state index contributed by atoms with van der Waals surface area (Å²) < 4.78 is 10.7. The van der Waals surface area contributed by atoms with Crippen molar-refractivity contribution in [3.05, 3.63) is 39.8 Å². The lowest BCUT2D eigenvalue weighted by Gasteiger charge is -2.02. The van der Waals surface area contributed by atoms with Gasteiger partial charge in [-0.2, -0.15) is 0 Å². The van der Waals surface area contributed by atoms with Crippen LogP contribution in [0.2, 0.25) is 0 Å². The van der Waals surface area contributed by atoms with Crippen LogP contribution >= 0.6 is 22.9 Å². The molecule has 7 heteroatoms. The Hall–Kier alpha value is -2.05. The van der Waals surface area contributed by atoms with Crippen molar-refractivity contribution in [1.29, 1.82) is 0 Å². The summed E-state index contributed by atoms with van der Waals surface area (Å²) in [4.78, 5) is 20.0. The topological polar surface area (TPSA) is 64.2 Å². The van der Waals surface area contributed by atoms with E-state index < -0.39 is 0 Å². The van der Waals surface area contributed by atoms with Crippen LogP contribution in [0.4, 0.5) is 0 Å². The number of fused-ring (bicyclic) bond motifs is 2. The molecule has 3 aromatic rings. The monoisotopic (exact) mass is 320 g/mol. The second kappa shape index (κ2) is 4.75. The minimum Gasteiger partial charge on any atom is -0.454 e. The summed E-state index contributed by atoms with van der Waals surface area (Å²) in [5.74, 6) is 2.07. The molecule has 0 bridgehead atoms. The van der Waals surface area contributed by atoms with Gasteiger partial charge in [0, 0.05) is 10.9 Å². The summed E-state index contributed by atoms with van der Waals surface area (Å²) in [7, 11) is 0. The average molecular weight is 321 g/mol. The third-order valence-electron chi connectivity index (χ3n) is 3.30. The molecule has 0 aliphatic carbocycles. The zero-order chi connectivity index (χ0) is 14.4. The maximum Gasteiger partial charge on any atom is 0.260 e. The number of alkyl halides is 1. The molecule has 0 saturated heterocycles. The number of aromatic nitrogens is 2. The SMILES string of the molecule is O=c1[nH]c(CCl)nc2scc(-c3ccc4c(c3)OCO4)c12. The lowest BCUT2D eigenvalue weighted by Crippen LogP contribution is -2.10. The molecule has 1 N–H and O–H groups in total. The molecular formula is C14H9ClN2O3S. The Bertz CT molecular complexity index is 903. The van der Waals surface area contributed by atoms with Crippen molar-refractivity contribution in [3.63, 3.8) is 0 Å². The highest BCUT2D eigenvalue weighted by Gasteiger charge is 2.17. The second-order valence-electron chi connectivity index (χ2n) is 4.54. The first-order chi connectivity index (χ1) is 10.3. The van der Waals surface area contributed by atoms with E-state index in [2.05, 4.69) is 9.97 Å². The summed E-state index contributed by atoms with van der Waals surface area (Å²) in [6.07, 6.45) is 0. The van der Waals surface area contributed by atoms with Crippen LogP contribution in [-0.2, 0) is 5.88 Å². The molecule has 0 fully saturated rings. The van der Waals surface area contributed by atoms with Crippen LogP contribution in [-0.4, -0.2) is 16.8 Å². The van der Waals surface area contributed by atoms with Crippen LogP contribution in [0, 0.1) is 0 Å². The van der Waals surface area contributed by atoms with Gasteiger partial charge in [0.25, 0.3) is 5.56 Å². The Balaban J connectivity index is 1.93. The Labute approximate surface area is 128 Å². The van der Waals surface area contributed by atoms with E-state index in [0.29, 0.717) is 21.8 Å². The molecule has 21 heavy (non-hydrogen) atoms. The number of ether oxygens (including phenoxy) is 2. The van der Waals surface area contributed by atoms with Gasteiger partial charge in [0.15, 0.2) is 11.5 Å². The summed E-state index contributed by atoms with van der Waals surface area (Å²) in [5.41, 5.74) is 1.56. The molecule has 0 spiro atoms. The van der Waals surface area contributed by atoms with E-state index in [4.69, 9.17) is 21.1 Å². The number of nitrogens with zero attached hydrogens (tertiary/aromatic N) is 1. The van der Waals surface area contributed by atoms with Gasteiger partial charge in [-0.25, -0.2) is 4.98 Å². The summed E-state index contributed by atoms with van der Waals surface area (Å²) >= 11 is 7.15. The molecule has 2 aromatic heterocycles. The average Bonchev–Trinajstić information content (AvgIpc) is 3.12. The Morgan fingerprint density at radius 1 is 1.33 bits per heavy atom. The molecule has 0 atom stereocenters. The van der Waals surface area contributed by atoms with Crippen molar-refractivity contribution in [2.24, 2.45) is 0 Å². The van der Waals surface area contributed by atoms with Gasteiger partial charge in [-0.05, 0) is 17.7 Å². The minimum absolute atomic E-state index is 0.176. The van der Waals surface area contributed by atoms with Gasteiger partial charge in [0.05, 0.1) is 11.3 Å². The van der Waals surface area contributed by atoms with E-state index >= 15 is 0 Å². The van der Waals surface area contributed by atoms with Gasteiger partial charge in [0.1, 0.15) is 10.7 Å². The van der Waals surface area contributed by atoms with E-state index in [1.54, 1.807) is 0 Å². The number of thiophene rings is 1. The zero-order valence-corrected chi connectivity index (χ0v) is 12.3. The fraction of sp³-hybridized carbons (Fsp3) is 0.143. The van der Waals surface area contributed by atoms with E-state index in [1.807, 2.05) is 23.6 Å². The predicted molar refractivity (Wildman–Crippen MR) is 81.4 cm³/mol. The van der Waals surface area contributed by atoms with Crippen LogP contribution in [0.25, 0.3) is 21.3 Å². The quantitative estimate of drug-likeness (QED) is 0.737. The van der Waals surface area contributed by atoms with Crippen molar-refractivity contribution in [1.82, 2.24) is 9.97 Å². The largest absolute Gasteiger partial charge is 0.454 e. The maximum atomic E-state index is 12.2. The number of hydrogen-bond acceptors (Lipinski definition) is 5. The highest BCUT2D eigenvalue weighted by molar-refractivity contribution is 7.17. The molecule has 1 aromatic carbocycles. The molecule has 0 unspecified atom stereocenters. The van der Waals surface area contributed by atoms with Gasteiger partial charge in [-0.1, -0.05) is 6.07 Å². The van der Waals surface area contributed by atoms with Crippen molar-refractivity contribution in [2.45, 2.75) is 5.88 Å². The normalized spacial score (nSPS) is 13.0. The number of H-pyrrole nitrogens is 1. The summed E-state index contributed by atoms with van der Waals surface area (Å²) in [5, 5.41) is 2.50. The molecule has 0 radical (unpaired) electrons. The molecule has 5 nitrogen and oxygen atoms in total. The van der Waals surface area contributed by atoms with E-state index in [1.165, 1.54) is 11.3 Å². The number of aromatic amines is 1.